The Hall–Kier alpha value is -1.15. The molecule has 6 nitrogen and oxygen atoms in total. The lowest BCUT2D eigenvalue weighted by molar-refractivity contribution is -0.118. The Morgan fingerprint density at radius 2 is 1.87 bits per heavy atom. The summed E-state index contributed by atoms with van der Waals surface area (Å²) in [5.41, 5.74) is 2.07. The van der Waals surface area contributed by atoms with Crippen molar-refractivity contribution in [2.45, 2.75) is 59.4 Å². The number of halogens is 1. The number of nitrogens with one attached hydrogen (secondary N) is 1. The number of sulfonamides is 1. The second kappa shape index (κ2) is 12.8. The van der Waals surface area contributed by atoms with Gasteiger partial charge in [-0.3, -0.25) is 4.79 Å². The number of amides is 1. The topological polar surface area (TPSA) is 69.7 Å². The molecule has 0 saturated carbocycles. The fourth-order valence-corrected chi connectivity index (χ4v) is 4.94. The lowest BCUT2D eigenvalue weighted by Gasteiger charge is -2.36. The summed E-state index contributed by atoms with van der Waals surface area (Å²) in [6.45, 7) is 11.6. The molecule has 2 rings (SSSR count). The van der Waals surface area contributed by atoms with Gasteiger partial charge in [0.05, 0.1) is 6.26 Å². The second-order valence-electron chi connectivity index (χ2n) is 9.00. The molecule has 1 fully saturated rings. The SMILES string of the molecule is CCCN(CC1CCN(S(C)(=O)=O)CC1)C(C)Cc1cccc(NC(=O)C(C)C)c1.Cl. The number of piperidine rings is 1. The molecule has 1 aliphatic rings. The lowest BCUT2D eigenvalue weighted by atomic mass is 9.96. The Labute approximate surface area is 195 Å². The van der Waals surface area contributed by atoms with Crippen LogP contribution in [0, 0.1) is 11.8 Å². The Bertz CT molecular complexity index is 793. The van der Waals surface area contributed by atoms with Crippen LogP contribution in [0.3, 0.4) is 0 Å². The summed E-state index contributed by atoms with van der Waals surface area (Å²) in [4.78, 5) is 14.5. The van der Waals surface area contributed by atoms with Crippen LogP contribution in [-0.2, 0) is 21.2 Å². The van der Waals surface area contributed by atoms with Crippen LogP contribution in [0.1, 0.15) is 52.5 Å². The zero-order chi connectivity index (χ0) is 22.3. The van der Waals surface area contributed by atoms with Crippen LogP contribution in [0.5, 0.6) is 0 Å². The van der Waals surface area contributed by atoms with Crippen LogP contribution in [0.2, 0.25) is 0 Å². The zero-order valence-corrected chi connectivity index (χ0v) is 21.3. The number of anilines is 1. The van der Waals surface area contributed by atoms with Crippen molar-refractivity contribution in [2.75, 3.05) is 37.8 Å². The van der Waals surface area contributed by atoms with Gasteiger partial charge in [0.25, 0.3) is 0 Å². The molecule has 0 aromatic heterocycles. The van der Waals surface area contributed by atoms with Crippen molar-refractivity contribution in [1.82, 2.24) is 9.21 Å². The van der Waals surface area contributed by atoms with Gasteiger partial charge < -0.3 is 10.2 Å². The molecule has 0 spiro atoms. The van der Waals surface area contributed by atoms with E-state index in [4.69, 9.17) is 0 Å². The number of hydrogen-bond acceptors (Lipinski definition) is 4. The van der Waals surface area contributed by atoms with Gasteiger partial charge in [0, 0.05) is 37.3 Å². The first kappa shape index (κ1) is 27.9. The fourth-order valence-electron chi connectivity index (χ4n) is 4.07. The Kier molecular flexibility index (Phi) is 11.5. The number of carbonyl (C=O) groups excluding carboxylic acids is 1. The molecule has 1 unspecified atom stereocenters. The first-order valence-electron chi connectivity index (χ1n) is 11.2. The van der Waals surface area contributed by atoms with Gasteiger partial charge in [-0.15, -0.1) is 12.4 Å². The van der Waals surface area contributed by atoms with E-state index in [9.17, 15) is 13.2 Å². The van der Waals surface area contributed by atoms with Crippen molar-refractivity contribution < 1.29 is 13.2 Å². The minimum absolute atomic E-state index is 0. The fraction of sp³-hybridized carbons (Fsp3) is 0.696. The van der Waals surface area contributed by atoms with E-state index in [1.54, 1.807) is 4.31 Å². The van der Waals surface area contributed by atoms with Crippen molar-refractivity contribution in [2.24, 2.45) is 11.8 Å². The van der Waals surface area contributed by atoms with Crippen molar-refractivity contribution in [3.05, 3.63) is 29.8 Å². The molecule has 1 atom stereocenters. The van der Waals surface area contributed by atoms with E-state index >= 15 is 0 Å². The van der Waals surface area contributed by atoms with E-state index in [0.29, 0.717) is 25.0 Å². The minimum Gasteiger partial charge on any atom is -0.326 e. The first-order valence-corrected chi connectivity index (χ1v) is 13.0. The Balaban J connectivity index is 0.00000480. The van der Waals surface area contributed by atoms with Crippen molar-refractivity contribution in [3.63, 3.8) is 0 Å². The van der Waals surface area contributed by atoms with Crippen LogP contribution in [0.25, 0.3) is 0 Å². The van der Waals surface area contributed by atoms with Crippen LogP contribution in [-0.4, -0.2) is 62.0 Å². The molecule has 178 valence electrons. The highest BCUT2D eigenvalue weighted by Gasteiger charge is 2.27. The molecule has 1 aliphatic heterocycles. The third-order valence-electron chi connectivity index (χ3n) is 5.92. The van der Waals surface area contributed by atoms with Gasteiger partial charge in [-0.25, -0.2) is 12.7 Å². The third kappa shape index (κ3) is 9.08. The predicted octanol–water partition coefficient (Wildman–Crippen LogP) is 4.02. The molecule has 1 amide bonds. The monoisotopic (exact) mass is 473 g/mol. The van der Waals surface area contributed by atoms with E-state index in [0.717, 1.165) is 44.5 Å². The molecular formula is C23H40ClN3O3S. The molecule has 1 N–H and O–H groups in total. The Morgan fingerprint density at radius 3 is 2.42 bits per heavy atom. The van der Waals surface area contributed by atoms with Gasteiger partial charge in [-0.1, -0.05) is 32.9 Å². The molecule has 1 aromatic rings. The summed E-state index contributed by atoms with van der Waals surface area (Å²) in [6, 6.07) is 8.52. The molecule has 8 heteroatoms. The maximum absolute atomic E-state index is 12.0. The maximum Gasteiger partial charge on any atom is 0.226 e. The number of rotatable bonds is 10. The maximum atomic E-state index is 12.0. The standard InChI is InChI=1S/C23H39N3O3S.ClH/c1-6-12-25(17-20-10-13-26(14-11-20)30(5,28)29)19(4)15-21-8-7-9-22(16-21)24-23(27)18(2)3;/h7-9,16,18-20H,6,10-15,17H2,1-5H3,(H,24,27);1H. The number of nitrogens with zero attached hydrogens (tertiary/aromatic N) is 2. The van der Waals surface area contributed by atoms with Crippen LogP contribution in [0.4, 0.5) is 5.69 Å². The van der Waals surface area contributed by atoms with Crippen LogP contribution in [0.15, 0.2) is 24.3 Å². The van der Waals surface area contributed by atoms with Gasteiger partial charge in [0.2, 0.25) is 15.9 Å². The molecular weight excluding hydrogens is 434 g/mol. The molecule has 0 radical (unpaired) electrons. The van der Waals surface area contributed by atoms with Crippen molar-refractivity contribution in [1.29, 1.82) is 0 Å². The third-order valence-corrected chi connectivity index (χ3v) is 7.22. The average Bonchev–Trinajstić information content (AvgIpc) is 2.67. The average molecular weight is 474 g/mol. The van der Waals surface area contributed by atoms with Crippen molar-refractivity contribution >= 4 is 34.0 Å². The molecule has 0 bridgehead atoms. The predicted molar refractivity (Wildman–Crippen MR) is 131 cm³/mol. The quantitative estimate of drug-likeness (QED) is 0.557. The highest BCUT2D eigenvalue weighted by Crippen LogP contribution is 2.22. The molecule has 0 aliphatic carbocycles. The van der Waals surface area contributed by atoms with Gasteiger partial charge in [0.1, 0.15) is 0 Å². The van der Waals surface area contributed by atoms with E-state index in [1.165, 1.54) is 11.8 Å². The molecule has 1 saturated heterocycles. The summed E-state index contributed by atoms with van der Waals surface area (Å²) in [5.74, 6) is 0.531. The smallest absolute Gasteiger partial charge is 0.226 e. The van der Waals surface area contributed by atoms with Crippen LogP contribution < -0.4 is 5.32 Å². The van der Waals surface area contributed by atoms with Gasteiger partial charge in [-0.05, 0) is 62.8 Å². The Morgan fingerprint density at radius 1 is 1.23 bits per heavy atom. The van der Waals surface area contributed by atoms with E-state index < -0.39 is 10.0 Å². The summed E-state index contributed by atoms with van der Waals surface area (Å²) in [7, 11) is -3.07. The normalized spacial score (nSPS) is 16.9. The number of benzene rings is 1. The summed E-state index contributed by atoms with van der Waals surface area (Å²) >= 11 is 0. The zero-order valence-electron chi connectivity index (χ0n) is 19.6. The number of carbonyl (C=O) groups is 1. The van der Waals surface area contributed by atoms with E-state index in [2.05, 4.69) is 36.2 Å². The second-order valence-corrected chi connectivity index (χ2v) is 11.0. The largest absolute Gasteiger partial charge is 0.326 e. The molecule has 1 aromatic carbocycles. The van der Waals surface area contributed by atoms with E-state index in [1.807, 2.05) is 26.0 Å². The first-order chi connectivity index (χ1) is 14.1. The lowest BCUT2D eigenvalue weighted by Crippen LogP contribution is -2.44. The summed E-state index contributed by atoms with van der Waals surface area (Å²) in [6.07, 6.45) is 5.18. The van der Waals surface area contributed by atoms with Crippen LogP contribution >= 0.6 is 12.4 Å². The minimum atomic E-state index is -3.07. The molecule has 31 heavy (non-hydrogen) atoms. The molecule has 1 heterocycles. The van der Waals surface area contributed by atoms with Gasteiger partial charge >= 0.3 is 0 Å². The summed E-state index contributed by atoms with van der Waals surface area (Å²) in [5, 5.41) is 2.99. The van der Waals surface area contributed by atoms with E-state index in [-0.39, 0.29) is 24.2 Å². The highest BCUT2D eigenvalue weighted by atomic mass is 35.5. The number of hydrogen-bond donors (Lipinski definition) is 1. The summed E-state index contributed by atoms with van der Waals surface area (Å²) < 4.78 is 25.1. The van der Waals surface area contributed by atoms with Gasteiger partial charge in [0.15, 0.2) is 0 Å². The van der Waals surface area contributed by atoms with Crippen molar-refractivity contribution in [3.8, 4) is 0 Å². The highest BCUT2D eigenvalue weighted by molar-refractivity contribution is 7.88. The van der Waals surface area contributed by atoms with Gasteiger partial charge in [-0.2, -0.15) is 0 Å².